The summed E-state index contributed by atoms with van der Waals surface area (Å²) >= 11 is 0. The van der Waals surface area contributed by atoms with Crippen LogP contribution in [0.4, 0.5) is 4.79 Å². The lowest BCUT2D eigenvalue weighted by Gasteiger charge is -2.30. The van der Waals surface area contributed by atoms with E-state index < -0.39 is 6.09 Å². The third kappa shape index (κ3) is 4.97. The molecule has 0 spiro atoms. The van der Waals surface area contributed by atoms with Crippen molar-refractivity contribution in [2.24, 2.45) is 0 Å². The second kappa shape index (κ2) is 9.72. The summed E-state index contributed by atoms with van der Waals surface area (Å²) in [6, 6.07) is 16.9. The molecule has 2 aromatic carbocycles. The SMILES string of the molecule is Cc1ccccc1-c1ncc(OC(=O)NCCN(C(C)C)C(C)C)c2ccccc12. The largest absolute Gasteiger partial charge is 0.412 e. The number of carbonyl (C=O) groups excluding carboxylic acids is 1. The Labute approximate surface area is 179 Å². The van der Waals surface area contributed by atoms with E-state index in [1.807, 2.05) is 36.4 Å². The van der Waals surface area contributed by atoms with Crippen LogP contribution in [0.2, 0.25) is 0 Å². The lowest BCUT2D eigenvalue weighted by atomic mass is 10.00. The first-order chi connectivity index (χ1) is 14.4. The maximum Gasteiger partial charge on any atom is 0.412 e. The topological polar surface area (TPSA) is 54.5 Å². The van der Waals surface area contributed by atoms with Gasteiger partial charge in [0.25, 0.3) is 0 Å². The molecular formula is C25H31N3O2. The van der Waals surface area contributed by atoms with Crippen LogP contribution in [-0.2, 0) is 0 Å². The van der Waals surface area contributed by atoms with Gasteiger partial charge in [-0.2, -0.15) is 0 Å². The summed E-state index contributed by atoms with van der Waals surface area (Å²) < 4.78 is 5.62. The molecule has 5 heteroatoms. The van der Waals surface area contributed by atoms with Crippen molar-refractivity contribution in [2.75, 3.05) is 13.1 Å². The van der Waals surface area contributed by atoms with Gasteiger partial charge in [-0.15, -0.1) is 0 Å². The van der Waals surface area contributed by atoms with Crippen LogP contribution in [-0.4, -0.2) is 41.2 Å². The van der Waals surface area contributed by atoms with E-state index in [0.717, 1.165) is 34.1 Å². The smallest absolute Gasteiger partial charge is 0.408 e. The Kier molecular flexibility index (Phi) is 7.06. The van der Waals surface area contributed by atoms with E-state index in [1.165, 1.54) is 0 Å². The number of hydrogen-bond donors (Lipinski definition) is 1. The zero-order valence-corrected chi connectivity index (χ0v) is 18.5. The average Bonchev–Trinajstić information content (AvgIpc) is 2.71. The van der Waals surface area contributed by atoms with Gasteiger partial charge in [0.15, 0.2) is 5.75 Å². The van der Waals surface area contributed by atoms with Gasteiger partial charge < -0.3 is 10.1 Å². The molecule has 158 valence electrons. The molecule has 0 fully saturated rings. The van der Waals surface area contributed by atoms with Crippen LogP contribution in [0, 0.1) is 6.92 Å². The van der Waals surface area contributed by atoms with Crippen molar-refractivity contribution in [1.29, 1.82) is 0 Å². The third-order valence-electron chi connectivity index (χ3n) is 5.33. The summed E-state index contributed by atoms with van der Waals surface area (Å²) in [5, 5.41) is 4.69. The fraction of sp³-hybridized carbons (Fsp3) is 0.360. The minimum absolute atomic E-state index is 0.421. The Balaban J connectivity index is 1.77. The molecule has 0 aliphatic rings. The molecule has 0 saturated heterocycles. The van der Waals surface area contributed by atoms with Crippen molar-refractivity contribution in [3.63, 3.8) is 0 Å². The summed E-state index contributed by atoms with van der Waals surface area (Å²) in [6.07, 6.45) is 1.18. The summed E-state index contributed by atoms with van der Waals surface area (Å²) in [7, 11) is 0. The molecule has 0 aliphatic heterocycles. The highest BCUT2D eigenvalue weighted by Gasteiger charge is 2.16. The van der Waals surface area contributed by atoms with Crippen molar-refractivity contribution in [3.8, 4) is 17.0 Å². The van der Waals surface area contributed by atoms with Crippen LogP contribution in [0.3, 0.4) is 0 Å². The fourth-order valence-electron chi connectivity index (χ4n) is 3.84. The predicted octanol–water partition coefficient (Wildman–Crippen LogP) is 5.42. The van der Waals surface area contributed by atoms with Crippen LogP contribution < -0.4 is 10.1 Å². The molecule has 30 heavy (non-hydrogen) atoms. The first-order valence-electron chi connectivity index (χ1n) is 10.5. The first kappa shape index (κ1) is 21.8. The van der Waals surface area contributed by atoms with E-state index in [1.54, 1.807) is 6.20 Å². The quantitative estimate of drug-likeness (QED) is 0.570. The Hall–Kier alpha value is -2.92. The number of benzene rings is 2. The van der Waals surface area contributed by atoms with Gasteiger partial charge in [0.2, 0.25) is 0 Å². The molecule has 5 nitrogen and oxygen atoms in total. The average molecular weight is 406 g/mol. The van der Waals surface area contributed by atoms with Crippen LogP contribution in [0.5, 0.6) is 5.75 Å². The van der Waals surface area contributed by atoms with Gasteiger partial charge in [-0.25, -0.2) is 4.79 Å². The highest BCUT2D eigenvalue weighted by molar-refractivity contribution is 5.99. The lowest BCUT2D eigenvalue weighted by Crippen LogP contribution is -2.43. The highest BCUT2D eigenvalue weighted by atomic mass is 16.6. The van der Waals surface area contributed by atoms with Crippen molar-refractivity contribution in [3.05, 3.63) is 60.3 Å². The molecule has 1 heterocycles. The van der Waals surface area contributed by atoms with Crippen molar-refractivity contribution >= 4 is 16.9 Å². The van der Waals surface area contributed by atoms with Crippen molar-refractivity contribution in [1.82, 2.24) is 15.2 Å². The summed E-state index contributed by atoms with van der Waals surface area (Å²) in [5.74, 6) is 0.463. The standard InChI is InChI=1S/C25H31N3O2/c1-17(2)28(18(3)4)15-14-26-25(29)30-23-16-27-24(20-11-7-6-10-19(20)5)22-13-9-8-12-21(22)23/h6-13,16-18H,14-15H2,1-5H3,(H,26,29). The van der Waals surface area contributed by atoms with Gasteiger partial charge in [-0.05, 0) is 40.2 Å². The molecule has 0 radical (unpaired) electrons. The molecule has 0 aliphatic carbocycles. The number of amides is 1. The molecule has 1 aromatic heterocycles. The highest BCUT2D eigenvalue weighted by Crippen LogP contribution is 2.33. The predicted molar refractivity (Wildman–Crippen MR) is 123 cm³/mol. The van der Waals surface area contributed by atoms with Crippen LogP contribution in [0.15, 0.2) is 54.7 Å². The van der Waals surface area contributed by atoms with E-state index in [2.05, 4.69) is 62.0 Å². The minimum atomic E-state index is -0.460. The Morgan fingerprint density at radius 3 is 2.30 bits per heavy atom. The van der Waals surface area contributed by atoms with Gasteiger partial charge in [-0.1, -0.05) is 48.5 Å². The van der Waals surface area contributed by atoms with E-state index in [0.29, 0.717) is 24.4 Å². The molecule has 3 aromatic rings. The number of rotatable bonds is 7. The number of aromatic nitrogens is 1. The Morgan fingerprint density at radius 2 is 1.63 bits per heavy atom. The van der Waals surface area contributed by atoms with Crippen molar-refractivity contribution in [2.45, 2.75) is 46.7 Å². The van der Waals surface area contributed by atoms with E-state index in [9.17, 15) is 4.79 Å². The molecular weight excluding hydrogens is 374 g/mol. The second-order valence-corrected chi connectivity index (χ2v) is 8.07. The number of nitrogens with one attached hydrogen (secondary N) is 1. The van der Waals surface area contributed by atoms with Gasteiger partial charge in [0.05, 0.1) is 11.9 Å². The molecule has 1 amide bonds. The molecule has 0 unspecified atom stereocenters. The van der Waals surface area contributed by atoms with E-state index in [-0.39, 0.29) is 0 Å². The summed E-state index contributed by atoms with van der Waals surface area (Å²) in [4.78, 5) is 19.4. The maximum atomic E-state index is 12.4. The van der Waals surface area contributed by atoms with Crippen LogP contribution in [0.1, 0.15) is 33.3 Å². The molecule has 0 atom stereocenters. The number of aryl methyl sites for hydroxylation is 1. The number of ether oxygens (including phenoxy) is 1. The fourth-order valence-corrected chi connectivity index (χ4v) is 3.84. The number of nitrogens with zero attached hydrogens (tertiary/aromatic N) is 2. The molecule has 3 rings (SSSR count). The summed E-state index contributed by atoms with van der Waals surface area (Å²) in [5.41, 5.74) is 3.12. The van der Waals surface area contributed by atoms with Gasteiger partial charge in [-0.3, -0.25) is 9.88 Å². The molecule has 0 bridgehead atoms. The number of carbonyl (C=O) groups is 1. The monoisotopic (exact) mass is 405 g/mol. The van der Waals surface area contributed by atoms with Gasteiger partial charge in [0, 0.05) is 41.5 Å². The zero-order valence-electron chi connectivity index (χ0n) is 18.5. The van der Waals surface area contributed by atoms with Crippen molar-refractivity contribution < 1.29 is 9.53 Å². The first-order valence-corrected chi connectivity index (χ1v) is 10.5. The lowest BCUT2D eigenvalue weighted by molar-refractivity contribution is 0.169. The third-order valence-corrected chi connectivity index (χ3v) is 5.33. The Morgan fingerprint density at radius 1 is 1.00 bits per heavy atom. The zero-order chi connectivity index (χ0) is 21.7. The number of fused-ring (bicyclic) bond motifs is 1. The second-order valence-electron chi connectivity index (χ2n) is 8.07. The van der Waals surface area contributed by atoms with E-state index >= 15 is 0 Å². The number of pyridine rings is 1. The molecule has 1 N–H and O–H groups in total. The van der Waals surface area contributed by atoms with Gasteiger partial charge in [0.1, 0.15) is 0 Å². The normalized spacial score (nSPS) is 11.5. The minimum Gasteiger partial charge on any atom is -0.408 e. The van der Waals surface area contributed by atoms with Crippen LogP contribution in [0.25, 0.3) is 22.0 Å². The Bertz CT molecular complexity index is 1010. The maximum absolute atomic E-state index is 12.4. The van der Waals surface area contributed by atoms with Gasteiger partial charge >= 0.3 is 6.09 Å². The van der Waals surface area contributed by atoms with E-state index in [4.69, 9.17) is 4.74 Å². The summed E-state index contributed by atoms with van der Waals surface area (Å²) in [6.45, 7) is 12.0. The molecule has 0 saturated carbocycles. The van der Waals surface area contributed by atoms with Crippen LogP contribution >= 0.6 is 0 Å². The number of hydrogen-bond acceptors (Lipinski definition) is 4.